The first-order valence-electron chi connectivity index (χ1n) is 4.49. The molecular weight excluding hydrogens is 208 g/mol. The van der Waals surface area contributed by atoms with Crippen LogP contribution in [0.25, 0.3) is 0 Å². The maximum absolute atomic E-state index is 11.7. The van der Waals surface area contributed by atoms with Crippen molar-refractivity contribution in [1.82, 2.24) is 5.32 Å². The van der Waals surface area contributed by atoms with E-state index in [9.17, 15) is 18.4 Å². The maximum atomic E-state index is 11.7. The van der Waals surface area contributed by atoms with E-state index in [1.54, 1.807) is 13.8 Å². The first kappa shape index (κ1) is 13.8. The summed E-state index contributed by atoms with van der Waals surface area (Å²) in [6.45, 7) is 2.51. The Morgan fingerprint density at radius 2 is 1.87 bits per heavy atom. The molecule has 0 bridgehead atoms. The number of carboxylic acids is 1. The smallest absolute Gasteiger partial charge is 0.303 e. The van der Waals surface area contributed by atoms with Crippen molar-refractivity contribution >= 4 is 11.9 Å². The number of alkyl halides is 2. The quantitative estimate of drug-likeness (QED) is 0.712. The average molecular weight is 223 g/mol. The Balaban J connectivity index is 3.98. The van der Waals surface area contributed by atoms with E-state index in [1.807, 2.05) is 5.32 Å². The van der Waals surface area contributed by atoms with Crippen molar-refractivity contribution in [3.05, 3.63) is 0 Å². The molecule has 88 valence electrons. The third-order valence-corrected chi connectivity index (χ3v) is 1.72. The lowest BCUT2D eigenvalue weighted by atomic mass is 9.85. The molecule has 0 radical (unpaired) electrons. The number of halogens is 2. The molecule has 0 spiro atoms. The number of nitrogens with one attached hydrogen (secondary N) is 1. The van der Waals surface area contributed by atoms with Gasteiger partial charge in [-0.15, -0.1) is 0 Å². The molecule has 0 aliphatic heterocycles. The van der Waals surface area contributed by atoms with Crippen molar-refractivity contribution in [2.45, 2.75) is 33.1 Å². The van der Waals surface area contributed by atoms with Gasteiger partial charge < -0.3 is 10.4 Å². The van der Waals surface area contributed by atoms with Gasteiger partial charge in [-0.05, 0) is 5.41 Å². The number of rotatable bonds is 6. The maximum Gasteiger partial charge on any atom is 0.303 e. The lowest BCUT2D eigenvalue weighted by molar-refractivity contribution is -0.139. The van der Waals surface area contributed by atoms with Gasteiger partial charge in [0.25, 0.3) is 6.43 Å². The molecule has 2 N–H and O–H groups in total. The Kier molecular flexibility index (Phi) is 5.18. The van der Waals surface area contributed by atoms with Gasteiger partial charge in [-0.25, -0.2) is 8.78 Å². The summed E-state index contributed by atoms with van der Waals surface area (Å²) >= 11 is 0. The molecule has 1 amide bonds. The van der Waals surface area contributed by atoms with E-state index in [1.165, 1.54) is 0 Å². The fraction of sp³-hybridized carbons (Fsp3) is 0.778. The van der Waals surface area contributed by atoms with Crippen molar-refractivity contribution < 1.29 is 23.5 Å². The van der Waals surface area contributed by atoms with Gasteiger partial charge in [0.1, 0.15) is 0 Å². The molecular formula is C9H15F2NO3. The van der Waals surface area contributed by atoms with Crippen LogP contribution < -0.4 is 5.32 Å². The Labute approximate surface area is 86.7 Å². The summed E-state index contributed by atoms with van der Waals surface area (Å²) in [5, 5.41) is 10.6. The summed E-state index contributed by atoms with van der Waals surface area (Å²) in [5.74, 6) is -1.57. The largest absolute Gasteiger partial charge is 0.481 e. The highest BCUT2D eigenvalue weighted by Gasteiger charge is 2.25. The molecule has 0 saturated heterocycles. The highest BCUT2D eigenvalue weighted by atomic mass is 19.3. The second kappa shape index (κ2) is 5.63. The number of carboxylic acid groups (broad SMARTS) is 1. The van der Waals surface area contributed by atoms with Crippen LogP contribution in [0.1, 0.15) is 26.7 Å². The van der Waals surface area contributed by atoms with Crippen LogP contribution in [0.2, 0.25) is 0 Å². The lowest BCUT2D eigenvalue weighted by Gasteiger charge is -2.21. The van der Waals surface area contributed by atoms with Gasteiger partial charge in [-0.1, -0.05) is 13.8 Å². The highest BCUT2D eigenvalue weighted by Crippen LogP contribution is 2.24. The molecule has 0 heterocycles. The Bertz CT molecular complexity index is 242. The van der Waals surface area contributed by atoms with Crippen LogP contribution >= 0.6 is 0 Å². The van der Waals surface area contributed by atoms with Crippen molar-refractivity contribution in [2.24, 2.45) is 5.41 Å². The van der Waals surface area contributed by atoms with Gasteiger partial charge >= 0.3 is 5.97 Å². The molecule has 15 heavy (non-hydrogen) atoms. The predicted octanol–water partition coefficient (Wildman–Crippen LogP) is 1.26. The van der Waals surface area contributed by atoms with E-state index in [4.69, 9.17) is 5.11 Å². The summed E-state index contributed by atoms with van der Waals surface area (Å²) in [4.78, 5) is 21.5. The molecule has 6 heteroatoms. The number of hydrogen-bond acceptors (Lipinski definition) is 2. The minimum Gasteiger partial charge on any atom is -0.481 e. The van der Waals surface area contributed by atoms with E-state index in [0.29, 0.717) is 0 Å². The van der Waals surface area contributed by atoms with Crippen LogP contribution in [0.5, 0.6) is 0 Å². The van der Waals surface area contributed by atoms with Crippen molar-refractivity contribution in [1.29, 1.82) is 0 Å². The van der Waals surface area contributed by atoms with E-state index >= 15 is 0 Å². The molecule has 0 fully saturated rings. The number of carbonyl (C=O) groups is 2. The molecule has 0 rings (SSSR count). The predicted molar refractivity (Wildman–Crippen MR) is 49.7 cm³/mol. The molecule has 4 nitrogen and oxygen atoms in total. The third kappa shape index (κ3) is 7.84. The van der Waals surface area contributed by atoms with Crippen LogP contribution in [0.3, 0.4) is 0 Å². The van der Waals surface area contributed by atoms with Crippen LogP contribution in [-0.4, -0.2) is 30.0 Å². The summed E-state index contributed by atoms with van der Waals surface area (Å²) in [7, 11) is 0. The molecule has 0 aliphatic rings. The fourth-order valence-corrected chi connectivity index (χ4v) is 1.16. The number of aliphatic carboxylic acids is 1. The summed E-state index contributed by atoms with van der Waals surface area (Å²) in [6, 6.07) is 0. The van der Waals surface area contributed by atoms with E-state index in [-0.39, 0.29) is 12.8 Å². The van der Waals surface area contributed by atoms with Crippen LogP contribution in [0, 0.1) is 5.41 Å². The molecule has 0 unspecified atom stereocenters. The number of hydrogen-bond donors (Lipinski definition) is 2. The molecule has 0 aromatic carbocycles. The average Bonchev–Trinajstić information content (AvgIpc) is 1.96. The zero-order chi connectivity index (χ0) is 12.1. The van der Waals surface area contributed by atoms with Crippen LogP contribution in [0.15, 0.2) is 0 Å². The molecule has 0 aromatic rings. The Morgan fingerprint density at radius 1 is 1.33 bits per heavy atom. The zero-order valence-electron chi connectivity index (χ0n) is 8.72. The SMILES string of the molecule is CC(C)(CC(=O)O)CC(=O)NCC(F)F. The standard InChI is InChI=1S/C9H15F2NO3/c1-9(2,4-8(14)15)3-7(13)12-5-6(10)11/h6H,3-5H2,1-2H3,(H,12,13)(H,14,15). The van der Waals surface area contributed by atoms with Crippen molar-refractivity contribution in [2.75, 3.05) is 6.54 Å². The van der Waals surface area contributed by atoms with E-state index in [2.05, 4.69) is 0 Å². The number of amides is 1. The minimum atomic E-state index is -2.59. The molecule has 0 aliphatic carbocycles. The topological polar surface area (TPSA) is 66.4 Å². The van der Waals surface area contributed by atoms with Crippen molar-refractivity contribution in [3.63, 3.8) is 0 Å². The number of carbonyl (C=O) groups excluding carboxylic acids is 1. The highest BCUT2D eigenvalue weighted by molar-refractivity contribution is 5.77. The normalized spacial score (nSPS) is 11.5. The third-order valence-electron chi connectivity index (χ3n) is 1.72. The van der Waals surface area contributed by atoms with Crippen LogP contribution in [0.4, 0.5) is 8.78 Å². The Morgan fingerprint density at radius 3 is 2.27 bits per heavy atom. The molecule has 0 aromatic heterocycles. The first-order valence-corrected chi connectivity index (χ1v) is 4.49. The van der Waals surface area contributed by atoms with Gasteiger partial charge in [0, 0.05) is 6.42 Å². The second-order valence-electron chi connectivity index (χ2n) is 4.11. The van der Waals surface area contributed by atoms with Crippen LogP contribution in [-0.2, 0) is 9.59 Å². The summed E-state index contributed by atoms with van der Waals surface area (Å²) in [6.07, 6.45) is -2.84. The Hall–Kier alpha value is -1.20. The zero-order valence-corrected chi connectivity index (χ0v) is 8.72. The first-order chi connectivity index (χ1) is 6.73. The molecule has 0 atom stereocenters. The van der Waals surface area contributed by atoms with Gasteiger partial charge in [-0.2, -0.15) is 0 Å². The monoisotopic (exact) mass is 223 g/mol. The van der Waals surface area contributed by atoms with E-state index in [0.717, 1.165) is 0 Å². The van der Waals surface area contributed by atoms with Crippen molar-refractivity contribution in [3.8, 4) is 0 Å². The lowest BCUT2D eigenvalue weighted by Crippen LogP contribution is -2.33. The van der Waals surface area contributed by atoms with Gasteiger partial charge in [0.15, 0.2) is 0 Å². The van der Waals surface area contributed by atoms with Gasteiger partial charge in [-0.3, -0.25) is 9.59 Å². The minimum absolute atomic E-state index is 0.0774. The summed E-state index contributed by atoms with van der Waals surface area (Å²) in [5.41, 5.74) is -0.724. The molecule has 0 saturated carbocycles. The fourth-order valence-electron chi connectivity index (χ4n) is 1.16. The van der Waals surface area contributed by atoms with E-state index < -0.39 is 30.3 Å². The second-order valence-corrected chi connectivity index (χ2v) is 4.11. The van der Waals surface area contributed by atoms with Gasteiger partial charge in [0.2, 0.25) is 5.91 Å². The van der Waals surface area contributed by atoms with Gasteiger partial charge in [0.05, 0.1) is 13.0 Å². The summed E-state index contributed by atoms with van der Waals surface area (Å²) < 4.78 is 23.5.